The van der Waals surface area contributed by atoms with Gasteiger partial charge in [0.2, 0.25) is 0 Å². The van der Waals surface area contributed by atoms with Crippen LogP contribution in [0.15, 0.2) is 10.7 Å². The molecule has 0 atom stereocenters. The number of rotatable bonds is 0. The van der Waals surface area contributed by atoms with Crippen LogP contribution in [-0.4, -0.2) is 11.7 Å². The largest absolute Gasteiger partial charge is 0.361 e. The van der Waals surface area contributed by atoms with Crippen LogP contribution >= 0.6 is 0 Å². The molecule has 0 amide bonds. The molecule has 1 N–H and O–H groups in total. The van der Waals surface area contributed by atoms with Crippen molar-refractivity contribution < 1.29 is 4.52 Å². The van der Waals surface area contributed by atoms with E-state index >= 15 is 0 Å². The van der Waals surface area contributed by atoms with Crippen molar-refractivity contribution in [1.82, 2.24) is 10.5 Å². The van der Waals surface area contributed by atoms with Gasteiger partial charge in [-0.1, -0.05) is 5.16 Å². The van der Waals surface area contributed by atoms with Gasteiger partial charge in [-0.2, -0.15) is 0 Å². The highest BCUT2D eigenvalue weighted by atomic mass is 16.5. The normalized spacial score (nSPS) is 18.0. The molecule has 0 saturated heterocycles. The zero-order valence-electron chi connectivity index (χ0n) is 5.76. The molecule has 0 fully saturated rings. The van der Waals surface area contributed by atoms with Crippen LogP contribution in [0.3, 0.4) is 0 Å². The second-order valence-electron chi connectivity index (χ2n) is 2.55. The SMILES string of the molecule is c1noc2c1CNCCC2. The maximum atomic E-state index is 5.05. The molecule has 1 aliphatic rings. The number of nitrogens with zero attached hydrogens (tertiary/aromatic N) is 1. The minimum atomic E-state index is 0.916. The molecular formula is C7H10N2O. The topological polar surface area (TPSA) is 38.1 Å². The van der Waals surface area contributed by atoms with Crippen molar-refractivity contribution in [3.8, 4) is 0 Å². The van der Waals surface area contributed by atoms with Crippen LogP contribution < -0.4 is 5.32 Å². The van der Waals surface area contributed by atoms with Crippen molar-refractivity contribution in [3.63, 3.8) is 0 Å². The summed E-state index contributed by atoms with van der Waals surface area (Å²) in [6.45, 7) is 2.00. The third-order valence-electron chi connectivity index (χ3n) is 1.80. The summed E-state index contributed by atoms with van der Waals surface area (Å²) in [6.07, 6.45) is 3.98. The summed E-state index contributed by atoms with van der Waals surface area (Å²) in [5.41, 5.74) is 1.22. The number of hydrogen-bond acceptors (Lipinski definition) is 3. The van der Waals surface area contributed by atoms with Gasteiger partial charge in [0.15, 0.2) is 0 Å². The van der Waals surface area contributed by atoms with Crippen LogP contribution in [-0.2, 0) is 13.0 Å². The minimum absolute atomic E-state index is 0.916. The maximum Gasteiger partial charge on any atom is 0.141 e. The fourth-order valence-electron chi connectivity index (χ4n) is 1.23. The molecule has 0 radical (unpaired) electrons. The highest BCUT2D eigenvalue weighted by molar-refractivity contribution is 5.14. The molecule has 3 heteroatoms. The van der Waals surface area contributed by atoms with Crippen molar-refractivity contribution in [1.29, 1.82) is 0 Å². The number of fused-ring (bicyclic) bond motifs is 1. The Hall–Kier alpha value is -0.830. The molecule has 1 aromatic rings. The molecule has 0 spiro atoms. The predicted octanol–water partition coefficient (Wildman–Crippen LogP) is 0.710. The van der Waals surface area contributed by atoms with Crippen molar-refractivity contribution in [3.05, 3.63) is 17.5 Å². The summed E-state index contributed by atoms with van der Waals surface area (Å²) in [6, 6.07) is 0. The molecule has 0 aliphatic carbocycles. The highest BCUT2D eigenvalue weighted by Gasteiger charge is 2.09. The van der Waals surface area contributed by atoms with Crippen LogP contribution in [0.4, 0.5) is 0 Å². The minimum Gasteiger partial charge on any atom is -0.361 e. The summed E-state index contributed by atoms with van der Waals surface area (Å²) in [5.74, 6) is 1.06. The highest BCUT2D eigenvalue weighted by Crippen LogP contribution is 2.12. The quantitative estimate of drug-likeness (QED) is 0.573. The molecule has 10 heavy (non-hydrogen) atoms. The Morgan fingerprint density at radius 1 is 1.60 bits per heavy atom. The third-order valence-corrected chi connectivity index (χ3v) is 1.80. The number of hydrogen-bond donors (Lipinski definition) is 1. The van der Waals surface area contributed by atoms with E-state index in [1.807, 2.05) is 0 Å². The van der Waals surface area contributed by atoms with Gasteiger partial charge < -0.3 is 9.84 Å². The monoisotopic (exact) mass is 138 g/mol. The van der Waals surface area contributed by atoms with Gasteiger partial charge in [0.1, 0.15) is 5.76 Å². The molecule has 54 valence electrons. The molecule has 2 rings (SSSR count). The first-order chi connectivity index (χ1) is 4.97. The average molecular weight is 138 g/mol. The van der Waals surface area contributed by atoms with E-state index in [0.29, 0.717) is 0 Å². The summed E-state index contributed by atoms with van der Waals surface area (Å²) >= 11 is 0. The fraction of sp³-hybridized carbons (Fsp3) is 0.571. The van der Waals surface area contributed by atoms with Gasteiger partial charge in [-0.3, -0.25) is 0 Å². The van der Waals surface area contributed by atoms with Crippen LogP contribution in [0.2, 0.25) is 0 Å². The number of aryl methyl sites for hydroxylation is 1. The van der Waals surface area contributed by atoms with Gasteiger partial charge in [0.25, 0.3) is 0 Å². The summed E-state index contributed by atoms with van der Waals surface area (Å²) < 4.78 is 5.05. The zero-order chi connectivity index (χ0) is 6.81. The smallest absolute Gasteiger partial charge is 0.141 e. The summed E-state index contributed by atoms with van der Waals surface area (Å²) in [7, 11) is 0. The molecular weight excluding hydrogens is 128 g/mol. The lowest BCUT2D eigenvalue weighted by atomic mass is 10.2. The van der Waals surface area contributed by atoms with Crippen molar-refractivity contribution in [2.75, 3.05) is 6.54 Å². The lowest BCUT2D eigenvalue weighted by molar-refractivity contribution is 0.381. The molecule has 2 heterocycles. The van der Waals surface area contributed by atoms with Gasteiger partial charge in [0, 0.05) is 18.5 Å². The van der Waals surface area contributed by atoms with E-state index in [4.69, 9.17) is 4.52 Å². The lowest BCUT2D eigenvalue weighted by Gasteiger charge is -1.93. The van der Waals surface area contributed by atoms with Crippen molar-refractivity contribution in [2.24, 2.45) is 0 Å². The van der Waals surface area contributed by atoms with E-state index in [9.17, 15) is 0 Å². The Morgan fingerprint density at radius 3 is 3.60 bits per heavy atom. The second-order valence-corrected chi connectivity index (χ2v) is 2.55. The Labute approximate surface area is 59.4 Å². The van der Waals surface area contributed by atoms with E-state index < -0.39 is 0 Å². The summed E-state index contributed by atoms with van der Waals surface area (Å²) in [5, 5.41) is 7.02. The van der Waals surface area contributed by atoms with Crippen LogP contribution in [0.5, 0.6) is 0 Å². The third kappa shape index (κ3) is 0.926. The van der Waals surface area contributed by atoms with E-state index in [0.717, 1.165) is 31.7 Å². The molecule has 0 aromatic carbocycles. The first-order valence-corrected chi connectivity index (χ1v) is 3.60. The van der Waals surface area contributed by atoms with Gasteiger partial charge in [-0.05, 0) is 13.0 Å². The fourth-order valence-corrected chi connectivity index (χ4v) is 1.23. The molecule has 0 bridgehead atoms. The Bertz CT molecular complexity index is 199. The first-order valence-electron chi connectivity index (χ1n) is 3.60. The van der Waals surface area contributed by atoms with Crippen LogP contribution in [0.25, 0.3) is 0 Å². The number of nitrogens with one attached hydrogen (secondary N) is 1. The Balaban J connectivity index is 2.28. The van der Waals surface area contributed by atoms with Crippen molar-refractivity contribution in [2.45, 2.75) is 19.4 Å². The second kappa shape index (κ2) is 2.42. The van der Waals surface area contributed by atoms with Gasteiger partial charge >= 0.3 is 0 Å². The van der Waals surface area contributed by atoms with Gasteiger partial charge in [-0.25, -0.2) is 0 Å². The van der Waals surface area contributed by atoms with Gasteiger partial charge in [-0.15, -0.1) is 0 Å². The van der Waals surface area contributed by atoms with E-state index in [2.05, 4.69) is 10.5 Å². The van der Waals surface area contributed by atoms with Crippen LogP contribution in [0, 0.1) is 0 Å². The van der Waals surface area contributed by atoms with Crippen LogP contribution in [0.1, 0.15) is 17.7 Å². The predicted molar refractivity (Wildman–Crippen MR) is 36.5 cm³/mol. The first kappa shape index (κ1) is 5.92. The molecule has 1 aliphatic heterocycles. The maximum absolute atomic E-state index is 5.05. The zero-order valence-corrected chi connectivity index (χ0v) is 5.76. The van der Waals surface area contributed by atoms with E-state index in [1.54, 1.807) is 6.20 Å². The standard InChI is InChI=1S/C7H10N2O/c1-2-7-6(4-8-3-1)5-9-10-7/h5,8H,1-4H2. The lowest BCUT2D eigenvalue weighted by Crippen LogP contribution is -2.11. The van der Waals surface area contributed by atoms with Crippen molar-refractivity contribution >= 4 is 0 Å². The molecule has 3 nitrogen and oxygen atoms in total. The van der Waals surface area contributed by atoms with E-state index in [1.165, 1.54) is 5.56 Å². The summed E-state index contributed by atoms with van der Waals surface area (Å²) in [4.78, 5) is 0. The average Bonchev–Trinajstić information content (AvgIpc) is 2.28. The van der Waals surface area contributed by atoms with E-state index in [-0.39, 0.29) is 0 Å². The molecule has 0 unspecified atom stereocenters. The Morgan fingerprint density at radius 2 is 2.60 bits per heavy atom. The Kier molecular flexibility index (Phi) is 1.43. The van der Waals surface area contributed by atoms with Gasteiger partial charge in [0.05, 0.1) is 6.20 Å². The molecule has 1 aromatic heterocycles. The number of aromatic nitrogens is 1. The molecule has 0 saturated carbocycles.